The molecule has 0 aliphatic carbocycles. The highest BCUT2D eigenvalue weighted by molar-refractivity contribution is 8.01. The van der Waals surface area contributed by atoms with Crippen molar-refractivity contribution >= 4 is 34.0 Å². The molecule has 3 heterocycles. The lowest BCUT2D eigenvalue weighted by atomic mass is 10.2. The Morgan fingerprint density at radius 3 is 3.04 bits per heavy atom. The summed E-state index contributed by atoms with van der Waals surface area (Å²) >= 11 is 2.93. The Kier molecular flexibility index (Phi) is 6.14. The Balaban J connectivity index is 1.63. The monoisotopic (exact) mass is 380 g/mol. The number of aryl methyl sites for hydroxylation is 1. The summed E-state index contributed by atoms with van der Waals surface area (Å²) in [6.45, 7) is 8.59. The molecule has 136 valence electrons. The molecule has 0 saturated carbocycles. The Bertz CT molecular complexity index is 735. The van der Waals surface area contributed by atoms with Crippen molar-refractivity contribution in [1.29, 1.82) is 0 Å². The first-order valence-electron chi connectivity index (χ1n) is 8.60. The van der Waals surface area contributed by atoms with Gasteiger partial charge in [-0.15, -0.1) is 10.2 Å². The van der Waals surface area contributed by atoms with Gasteiger partial charge in [0.25, 0.3) is 0 Å². The van der Waals surface area contributed by atoms with Gasteiger partial charge in [0.2, 0.25) is 5.13 Å². The highest BCUT2D eigenvalue weighted by Crippen LogP contribution is 2.27. The van der Waals surface area contributed by atoms with Crippen LogP contribution in [0.3, 0.4) is 0 Å². The van der Waals surface area contributed by atoms with E-state index in [-0.39, 0.29) is 11.9 Å². The molecule has 25 heavy (non-hydrogen) atoms. The van der Waals surface area contributed by atoms with Crippen molar-refractivity contribution in [3.8, 4) is 0 Å². The van der Waals surface area contributed by atoms with Crippen LogP contribution >= 0.6 is 23.1 Å². The first-order chi connectivity index (χ1) is 12.1. The van der Waals surface area contributed by atoms with Gasteiger partial charge in [0.05, 0.1) is 11.9 Å². The molecular formula is C17H24N4O2S2. The number of aromatic nitrogens is 3. The standard InChI is InChI=1S/C17H24N4O2S2/c1-4-18-16-19-20-17(25-16)24-10-15(22)14-8-11(2)21(12(14)3)9-13-6-5-7-23-13/h8,13H,4-7,9-10H2,1-3H3,(H,18,19)/t13-/m0/s1. The highest BCUT2D eigenvalue weighted by atomic mass is 32.2. The number of ether oxygens (including phenoxy) is 1. The average Bonchev–Trinajstić information content (AvgIpc) is 3.31. The third kappa shape index (κ3) is 4.43. The fourth-order valence-corrected chi connectivity index (χ4v) is 4.76. The van der Waals surface area contributed by atoms with Gasteiger partial charge in [-0.1, -0.05) is 23.1 Å². The summed E-state index contributed by atoms with van der Waals surface area (Å²) in [7, 11) is 0. The normalized spacial score (nSPS) is 17.2. The number of rotatable bonds is 8. The predicted octanol–water partition coefficient (Wildman–Crippen LogP) is 3.54. The van der Waals surface area contributed by atoms with E-state index in [0.717, 1.165) is 59.0 Å². The maximum Gasteiger partial charge on any atom is 0.206 e. The van der Waals surface area contributed by atoms with Crippen LogP contribution in [-0.2, 0) is 11.3 Å². The summed E-state index contributed by atoms with van der Waals surface area (Å²) < 4.78 is 8.76. The molecule has 8 heteroatoms. The summed E-state index contributed by atoms with van der Waals surface area (Å²) in [5.74, 6) is 0.516. The molecule has 0 spiro atoms. The molecule has 1 N–H and O–H groups in total. The van der Waals surface area contributed by atoms with E-state index in [1.54, 1.807) is 0 Å². The largest absolute Gasteiger partial charge is 0.376 e. The number of hydrogen-bond acceptors (Lipinski definition) is 7. The fourth-order valence-electron chi connectivity index (χ4n) is 3.05. The number of ketones is 1. The van der Waals surface area contributed by atoms with E-state index in [1.165, 1.54) is 23.1 Å². The molecule has 0 aromatic carbocycles. The summed E-state index contributed by atoms with van der Waals surface area (Å²) in [5.41, 5.74) is 2.95. The Morgan fingerprint density at radius 2 is 2.32 bits per heavy atom. The van der Waals surface area contributed by atoms with E-state index in [2.05, 4.69) is 27.0 Å². The van der Waals surface area contributed by atoms with E-state index < -0.39 is 0 Å². The van der Waals surface area contributed by atoms with Gasteiger partial charge in [-0.2, -0.15) is 0 Å². The molecule has 6 nitrogen and oxygen atoms in total. The minimum absolute atomic E-state index is 0.136. The van der Waals surface area contributed by atoms with Gasteiger partial charge in [-0.3, -0.25) is 4.79 Å². The highest BCUT2D eigenvalue weighted by Gasteiger charge is 2.21. The number of hydrogen-bond donors (Lipinski definition) is 1. The number of carbonyl (C=O) groups excluding carboxylic acids is 1. The Morgan fingerprint density at radius 1 is 1.48 bits per heavy atom. The van der Waals surface area contributed by atoms with Crippen molar-refractivity contribution in [3.05, 3.63) is 23.0 Å². The van der Waals surface area contributed by atoms with Gasteiger partial charge in [0, 0.05) is 36.6 Å². The van der Waals surface area contributed by atoms with E-state index in [0.29, 0.717) is 5.75 Å². The van der Waals surface area contributed by atoms with E-state index in [1.807, 2.05) is 19.9 Å². The predicted molar refractivity (Wildman–Crippen MR) is 102 cm³/mol. The molecular weight excluding hydrogens is 356 g/mol. The second-order valence-electron chi connectivity index (χ2n) is 6.15. The second-order valence-corrected chi connectivity index (χ2v) is 8.35. The Hall–Kier alpha value is -1.38. The molecule has 3 rings (SSSR count). The number of anilines is 1. The topological polar surface area (TPSA) is 69.0 Å². The summed E-state index contributed by atoms with van der Waals surface area (Å²) in [4.78, 5) is 12.6. The van der Waals surface area contributed by atoms with E-state index in [9.17, 15) is 4.79 Å². The molecule has 0 amide bonds. The lowest BCUT2D eigenvalue weighted by molar-refractivity contribution is 0.0957. The van der Waals surface area contributed by atoms with Crippen LogP contribution in [0.25, 0.3) is 0 Å². The summed E-state index contributed by atoms with van der Waals surface area (Å²) in [6, 6.07) is 2.00. The van der Waals surface area contributed by atoms with Crippen molar-refractivity contribution in [2.75, 3.05) is 24.2 Å². The molecule has 1 aliphatic rings. The minimum Gasteiger partial charge on any atom is -0.376 e. The number of nitrogens with one attached hydrogen (secondary N) is 1. The molecule has 1 aliphatic heterocycles. The van der Waals surface area contributed by atoms with Crippen LogP contribution in [0.5, 0.6) is 0 Å². The van der Waals surface area contributed by atoms with Crippen molar-refractivity contribution in [2.45, 2.75) is 50.6 Å². The maximum absolute atomic E-state index is 12.6. The smallest absolute Gasteiger partial charge is 0.206 e. The van der Waals surface area contributed by atoms with E-state index in [4.69, 9.17) is 4.74 Å². The average molecular weight is 381 g/mol. The van der Waals surface area contributed by atoms with Gasteiger partial charge in [-0.05, 0) is 39.7 Å². The SMILES string of the molecule is CCNc1nnc(SCC(=O)c2cc(C)n(C[C@@H]3CCCO3)c2C)s1. The third-order valence-corrected chi connectivity index (χ3v) is 6.36. The Labute approximate surface area is 156 Å². The van der Waals surface area contributed by atoms with Crippen molar-refractivity contribution in [3.63, 3.8) is 0 Å². The fraction of sp³-hybridized carbons (Fsp3) is 0.588. The number of nitrogens with zero attached hydrogens (tertiary/aromatic N) is 3. The number of thioether (sulfide) groups is 1. The molecule has 1 saturated heterocycles. The quantitative estimate of drug-likeness (QED) is 0.558. The zero-order valence-electron chi connectivity index (χ0n) is 14.9. The van der Waals surface area contributed by atoms with Crippen LogP contribution in [0.1, 0.15) is 41.5 Å². The lowest BCUT2D eigenvalue weighted by Gasteiger charge is -2.14. The van der Waals surface area contributed by atoms with Crippen molar-refractivity contribution < 1.29 is 9.53 Å². The van der Waals surface area contributed by atoms with Crippen LogP contribution in [0.2, 0.25) is 0 Å². The van der Waals surface area contributed by atoms with Crippen LogP contribution in [-0.4, -0.2) is 45.6 Å². The van der Waals surface area contributed by atoms with Gasteiger partial charge in [0.1, 0.15) is 0 Å². The van der Waals surface area contributed by atoms with Crippen LogP contribution < -0.4 is 5.32 Å². The van der Waals surface area contributed by atoms with Gasteiger partial charge in [-0.25, -0.2) is 0 Å². The number of Topliss-reactive ketones (excluding diaryl/α,β-unsaturated/α-hetero) is 1. The van der Waals surface area contributed by atoms with Gasteiger partial charge >= 0.3 is 0 Å². The molecule has 1 atom stereocenters. The molecule has 1 fully saturated rings. The zero-order chi connectivity index (χ0) is 17.8. The van der Waals surface area contributed by atoms with Crippen molar-refractivity contribution in [1.82, 2.24) is 14.8 Å². The van der Waals surface area contributed by atoms with Crippen LogP contribution in [0, 0.1) is 13.8 Å². The summed E-state index contributed by atoms with van der Waals surface area (Å²) in [5, 5.41) is 12.1. The molecule has 0 bridgehead atoms. The lowest BCUT2D eigenvalue weighted by Crippen LogP contribution is -2.17. The zero-order valence-corrected chi connectivity index (χ0v) is 16.5. The molecule has 0 unspecified atom stereocenters. The first-order valence-corrected chi connectivity index (χ1v) is 10.4. The molecule has 2 aromatic heterocycles. The van der Waals surface area contributed by atoms with Gasteiger partial charge in [0.15, 0.2) is 10.1 Å². The van der Waals surface area contributed by atoms with Gasteiger partial charge < -0.3 is 14.6 Å². The maximum atomic E-state index is 12.6. The number of carbonyl (C=O) groups is 1. The molecule has 0 radical (unpaired) electrons. The minimum atomic E-state index is 0.136. The van der Waals surface area contributed by atoms with Crippen LogP contribution in [0.15, 0.2) is 10.4 Å². The van der Waals surface area contributed by atoms with E-state index >= 15 is 0 Å². The first kappa shape index (κ1) is 18.4. The molecule has 2 aromatic rings. The second kappa shape index (κ2) is 8.33. The summed E-state index contributed by atoms with van der Waals surface area (Å²) in [6.07, 6.45) is 2.50. The van der Waals surface area contributed by atoms with Crippen LogP contribution in [0.4, 0.5) is 5.13 Å². The van der Waals surface area contributed by atoms with Crippen molar-refractivity contribution in [2.24, 2.45) is 0 Å². The third-order valence-electron chi connectivity index (χ3n) is 4.35.